The van der Waals surface area contributed by atoms with Gasteiger partial charge in [0.25, 0.3) is 0 Å². The molecule has 18 heavy (non-hydrogen) atoms. The number of furan rings is 1. The molecule has 0 aliphatic carbocycles. The highest BCUT2D eigenvalue weighted by atomic mass is 32.1. The second-order valence-corrected chi connectivity index (χ2v) is 5.48. The van der Waals surface area contributed by atoms with Crippen molar-refractivity contribution in [1.82, 2.24) is 5.32 Å². The Morgan fingerprint density at radius 1 is 1.56 bits per heavy atom. The summed E-state index contributed by atoms with van der Waals surface area (Å²) in [4.78, 5) is 13.2. The molecule has 0 saturated heterocycles. The van der Waals surface area contributed by atoms with Crippen LogP contribution in [0.25, 0.3) is 0 Å². The fraction of sp³-hybridized carbons (Fsp3) is 0.308. The van der Waals surface area contributed by atoms with Gasteiger partial charge in [0.1, 0.15) is 12.0 Å². The zero-order valence-electron chi connectivity index (χ0n) is 10.3. The summed E-state index contributed by atoms with van der Waals surface area (Å²) in [6.45, 7) is 4.67. The molecule has 5 heteroatoms. The lowest BCUT2D eigenvalue weighted by atomic mass is 10.2. The van der Waals surface area contributed by atoms with Gasteiger partial charge in [-0.3, -0.25) is 0 Å². The van der Waals surface area contributed by atoms with E-state index in [0.717, 1.165) is 0 Å². The summed E-state index contributed by atoms with van der Waals surface area (Å²) in [5.74, 6) is -0.334. The summed E-state index contributed by atoms with van der Waals surface area (Å²) < 4.78 is 5.18. The van der Waals surface area contributed by atoms with E-state index in [1.54, 1.807) is 17.4 Å². The van der Waals surface area contributed by atoms with Gasteiger partial charge in [-0.25, -0.2) is 4.79 Å². The molecule has 0 saturated carbocycles. The highest BCUT2D eigenvalue weighted by Gasteiger charge is 2.11. The molecule has 2 rings (SSSR count). The lowest BCUT2D eigenvalue weighted by molar-refractivity contribution is 0.0696. The van der Waals surface area contributed by atoms with E-state index in [9.17, 15) is 4.79 Å². The van der Waals surface area contributed by atoms with Gasteiger partial charge in [-0.1, -0.05) is 0 Å². The second-order valence-electron chi connectivity index (χ2n) is 4.16. The lowest BCUT2D eigenvalue weighted by Gasteiger charge is -2.10. The highest BCUT2D eigenvalue weighted by Crippen LogP contribution is 2.22. The fourth-order valence-corrected chi connectivity index (χ4v) is 2.53. The fourth-order valence-electron chi connectivity index (χ4n) is 1.63. The standard InChI is InChI=1S/C13H15NO3S/c1-8-3-4-12(18-8)9(2)14-6-11-5-10(7-17-11)13(15)16/h3-5,7,9,14H,6H2,1-2H3,(H,15,16). The van der Waals surface area contributed by atoms with Crippen LogP contribution in [-0.2, 0) is 6.54 Å². The molecule has 0 bridgehead atoms. The summed E-state index contributed by atoms with van der Waals surface area (Å²) in [6.07, 6.45) is 1.26. The van der Waals surface area contributed by atoms with Crippen molar-refractivity contribution in [2.75, 3.05) is 0 Å². The number of hydrogen-bond acceptors (Lipinski definition) is 4. The summed E-state index contributed by atoms with van der Waals surface area (Å²) in [7, 11) is 0. The van der Waals surface area contributed by atoms with Gasteiger partial charge < -0.3 is 14.8 Å². The van der Waals surface area contributed by atoms with Gasteiger partial charge in [-0.2, -0.15) is 0 Å². The average Bonchev–Trinajstić information content (AvgIpc) is 2.94. The first-order valence-electron chi connectivity index (χ1n) is 5.66. The third kappa shape index (κ3) is 3.00. The van der Waals surface area contributed by atoms with Crippen LogP contribution in [-0.4, -0.2) is 11.1 Å². The normalized spacial score (nSPS) is 12.6. The van der Waals surface area contributed by atoms with Crippen molar-refractivity contribution in [3.8, 4) is 0 Å². The van der Waals surface area contributed by atoms with Gasteiger partial charge in [0.2, 0.25) is 0 Å². The van der Waals surface area contributed by atoms with Crippen molar-refractivity contribution in [2.45, 2.75) is 26.4 Å². The number of aromatic carboxylic acids is 1. The number of hydrogen-bond donors (Lipinski definition) is 2. The Hall–Kier alpha value is -1.59. The molecule has 1 unspecified atom stereocenters. The van der Waals surface area contributed by atoms with E-state index in [4.69, 9.17) is 9.52 Å². The molecule has 2 N–H and O–H groups in total. The third-order valence-corrected chi connectivity index (χ3v) is 3.85. The Bertz CT molecular complexity index is 544. The Morgan fingerprint density at radius 2 is 2.33 bits per heavy atom. The number of rotatable bonds is 5. The molecule has 1 atom stereocenters. The van der Waals surface area contributed by atoms with Crippen molar-refractivity contribution in [1.29, 1.82) is 0 Å². The van der Waals surface area contributed by atoms with Crippen LogP contribution in [0.15, 0.2) is 28.9 Å². The number of nitrogens with one attached hydrogen (secondary N) is 1. The van der Waals surface area contributed by atoms with Gasteiger partial charge >= 0.3 is 5.97 Å². The van der Waals surface area contributed by atoms with E-state index in [-0.39, 0.29) is 11.6 Å². The topological polar surface area (TPSA) is 62.5 Å². The molecule has 2 heterocycles. The predicted octanol–water partition coefficient (Wildman–Crippen LogP) is 3.20. The molecule has 2 aromatic rings. The van der Waals surface area contributed by atoms with Gasteiger partial charge in [0.05, 0.1) is 12.1 Å². The maximum absolute atomic E-state index is 10.7. The molecule has 0 spiro atoms. The smallest absolute Gasteiger partial charge is 0.338 e. The van der Waals surface area contributed by atoms with Crippen molar-refractivity contribution in [2.24, 2.45) is 0 Å². The number of thiophene rings is 1. The molecule has 0 radical (unpaired) electrons. The SMILES string of the molecule is Cc1ccc(C(C)NCc2cc(C(=O)O)co2)s1. The molecule has 0 amide bonds. The van der Waals surface area contributed by atoms with Crippen LogP contribution < -0.4 is 5.32 Å². The van der Waals surface area contributed by atoms with Crippen molar-refractivity contribution >= 4 is 17.3 Å². The molecular weight excluding hydrogens is 250 g/mol. The molecule has 4 nitrogen and oxygen atoms in total. The molecule has 0 aromatic carbocycles. The zero-order chi connectivity index (χ0) is 13.1. The van der Waals surface area contributed by atoms with Crippen LogP contribution >= 0.6 is 11.3 Å². The van der Waals surface area contributed by atoms with E-state index < -0.39 is 5.97 Å². The summed E-state index contributed by atoms with van der Waals surface area (Å²) in [6, 6.07) is 5.96. The minimum Gasteiger partial charge on any atom is -0.478 e. The van der Waals surface area contributed by atoms with Gasteiger partial charge in [0.15, 0.2) is 0 Å². The monoisotopic (exact) mass is 265 g/mol. The van der Waals surface area contributed by atoms with Gasteiger partial charge in [-0.05, 0) is 32.0 Å². The number of carbonyl (C=O) groups is 1. The van der Waals surface area contributed by atoms with Crippen LogP contribution in [0.3, 0.4) is 0 Å². The van der Waals surface area contributed by atoms with Crippen LogP contribution in [0.4, 0.5) is 0 Å². The Labute approximate surface area is 109 Å². The van der Waals surface area contributed by atoms with E-state index >= 15 is 0 Å². The quantitative estimate of drug-likeness (QED) is 0.871. The molecule has 0 fully saturated rings. The van der Waals surface area contributed by atoms with Crippen LogP contribution in [0.1, 0.15) is 38.8 Å². The van der Waals surface area contributed by atoms with E-state index in [1.165, 1.54) is 16.0 Å². The second kappa shape index (κ2) is 5.37. The molecular formula is C13H15NO3S. The van der Waals surface area contributed by atoms with Crippen LogP contribution in [0.2, 0.25) is 0 Å². The van der Waals surface area contributed by atoms with E-state index in [1.807, 2.05) is 0 Å². The van der Waals surface area contributed by atoms with Crippen molar-refractivity contribution in [3.63, 3.8) is 0 Å². The molecule has 96 valence electrons. The van der Waals surface area contributed by atoms with Crippen LogP contribution in [0.5, 0.6) is 0 Å². The first-order valence-corrected chi connectivity index (χ1v) is 6.48. The van der Waals surface area contributed by atoms with E-state index in [2.05, 4.69) is 31.3 Å². The minimum absolute atomic E-state index is 0.187. The lowest BCUT2D eigenvalue weighted by Crippen LogP contribution is -2.16. The van der Waals surface area contributed by atoms with Gasteiger partial charge in [0, 0.05) is 15.8 Å². The largest absolute Gasteiger partial charge is 0.478 e. The Kier molecular flexibility index (Phi) is 3.84. The van der Waals surface area contributed by atoms with Crippen molar-refractivity contribution in [3.05, 3.63) is 45.5 Å². The first kappa shape index (κ1) is 12.9. The number of aryl methyl sites for hydroxylation is 1. The predicted molar refractivity (Wildman–Crippen MR) is 70.0 cm³/mol. The number of carboxylic acids is 1. The zero-order valence-corrected chi connectivity index (χ0v) is 11.1. The molecule has 0 aliphatic heterocycles. The Morgan fingerprint density at radius 3 is 2.89 bits per heavy atom. The van der Waals surface area contributed by atoms with Crippen LogP contribution in [0, 0.1) is 6.92 Å². The summed E-state index contributed by atoms with van der Waals surface area (Å²) in [5.41, 5.74) is 0.187. The third-order valence-electron chi connectivity index (χ3n) is 2.67. The summed E-state index contributed by atoms with van der Waals surface area (Å²) in [5, 5.41) is 12.1. The number of carboxylic acid groups (broad SMARTS) is 1. The Balaban J connectivity index is 1.92. The van der Waals surface area contributed by atoms with E-state index in [0.29, 0.717) is 12.3 Å². The average molecular weight is 265 g/mol. The highest BCUT2D eigenvalue weighted by molar-refractivity contribution is 7.12. The minimum atomic E-state index is -0.966. The maximum Gasteiger partial charge on any atom is 0.338 e. The first-order chi connectivity index (χ1) is 8.56. The summed E-state index contributed by atoms with van der Waals surface area (Å²) >= 11 is 1.75. The van der Waals surface area contributed by atoms with Gasteiger partial charge in [-0.15, -0.1) is 11.3 Å². The maximum atomic E-state index is 10.7. The molecule has 0 aliphatic rings. The molecule has 2 aromatic heterocycles. The van der Waals surface area contributed by atoms with Crippen molar-refractivity contribution < 1.29 is 14.3 Å².